The molecule has 0 unspecified atom stereocenters. The van der Waals surface area contributed by atoms with Crippen molar-refractivity contribution in [2.24, 2.45) is 0 Å². The first kappa shape index (κ1) is 18.0. The number of halogens is 1. The molecule has 0 fully saturated rings. The molecule has 0 bridgehead atoms. The van der Waals surface area contributed by atoms with Gasteiger partial charge in [-0.25, -0.2) is 0 Å². The Kier molecular flexibility index (Phi) is 6.14. The topological polar surface area (TPSA) is 124 Å². The number of rotatable bonds is 6. The van der Waals surface area contributed by atoms with E-state index in [0.29, 0.717) is 11.8 Å². The average molecular weight is 363 g/mol. The zero-order valence-electron chi connectivity index (χ0n) is 10.2. The Morgan fingerprint density at radius 3 is 2.25 bits per heavy atom. The van der Waals surface area contributed by atoms with Crippen LogP contribution >= 0.6 is 38.6 Å². The van der Waals surface area contributed by atoms with Crippen molar-refractivity contribution in [3.63, 3.8) is 0 Å². The molecule has 0 aromatic heterocycles. The van der Waals surface area contributed by atoms with Crippen LogP contribution in [0.5, 0.6) is 5.75 Å². The molecule has 0 aliphatic rings. The van der Waals surface area contributed by atoms with Crippen molar-refractivity contribution in [2.45, 2.75) is 16.6 Å². The summed E-state index contributed by atoms with van der Waals surface area (Å²) in [7, 11) is -10.0. The van der Waals surface area contributed by atoms with Crippen molar-refractivity contribution in [3.05, 3.63) is 23.2 Å². The lowest BCUT2D eigenvalue weighted by molar-refractivity contribution is 0.332. The Hall–Kier alpha value is -0.0400. The normalized spacial score (nSPS) is 12.8. The van der Waals surface area contributed by atoms with Gasteiger partial charge in [-0.2, -0.15) is 0 Å². The summed E-state index contributed by atoms with van der Waals surface area (Å²) >= 11 is 6.12. The first-order valence-electron chi connectivity index (χ1n) is 5.25. The summed E-state index contributed by atoms with van der Waals surface area (Å²) in [6.07, 6.45) is 0. The van der Waals surface area contributed by atoms with Crippen LogP contribution in [0, 0.1) is 0 Å². The monoisotopic (exact) mass is 362 g/mol. The van der Waals surface area contributed by atoms with Crippen molar-refractivity contribution >= 4 is 38.6 Å². The SMILES string of the molecule is CCOc1ccc(Cl)cc1SC(P(=O)(O)O)P(=O)(O)O. The minimum Gasteiger partial charge on any atom is -0.493 e. The molecule has 1 aromatic carbocycles. The largest absolute Gasteiger partial charge is 0.493 e. The van der Waals surface area contributed by atoms with Crippen LogP contribution in [-0.2, 0) is 9.13 Å². The molecule has 0 heterocycles. The Balaban J connectivity index is 3.21. The standard InChI is InChI=1S/C9H13ClO7P2S/c1-2-17-7-4-3-6(10)5-8(7)20-9(18(11,12)13)19(14,15)16/h3-5,9H,2H2,1H3,(H2,11,12,13)(H2,14,15,16). The number of ether oxygens (including phenoxy) is 1. The van der Waals surface area contributed by atoms with Crippen LogP contribution in [0.2, 0.25) is 5.02 Å². The van der Waals surface area contributed by atoms with Gasteiger partial charge in [-0.3, -0.25) is 9.13 Å². The fourth-order valence-electron chi connectivity index (χ4n) is 1.30. The molecule has 0 spiro atoms. The van der Waals surface area contributed by atoms with Gasteiger partial charge < -0.3 is 24.3 Å². The molecule has 1 rings (SSSR count). The van der Waals surface area contributed by atoms with Crippen LogP contribution < -0.4 is 4.74 Å². The van der Waals surface area contributed by atoms with Gasteiger partial charge >= 0.3 is 15.2 Å². The molecule has 11 heteroatoms. The van der Waals surface area contributed by atoms with Crippen molar-refractivity contribution in [1.82, 2.24) is 0 Å². The lowest BCUT2D eigenvalue weighted by atomic mass is 10.3. The van der Waals surface area contributed by atoms with Gasteiger partial charge in [0.05, 0.1) is 11.5 Å². The minimum absolute atomic E-state index is 0.149. The number of thioether (sulfide) groups is 1. The molecule has 0 saturated carbocycles. The van der Waals surface area contributed by atoms with E-state index in [1.807, 2.05) is 0 Å². The van der Waals surface area contributed by atoms with Crippen molar-refractivity contribution in [2.75, 3.05) is 6.61 Å². The summed E-state index contributed by atoms with van der Waals surface area (Å²) in [5, 5.41) is 0.256. The molecule has 4 N–H and O–H groups in total. The lowest BCUT2D eigenvalue weighted by Crippen LogP contribution is -2.05. The maximum absolute atomic E-state index is 11.2. The third kappa shape index (κ3) is 5.06. The molecule has 114 valence electrons. The molecule has 20 heavy (non-hydrogen) atoms. The second-order valence-electron chi connectivity index (χ2n) is 3.65. The van der Waals surface area contributed by atoms with E-state index in [-0.39, 0.29) is 22.3 Å². The van der Waals surface area contributed by atoms with Crippen molar-refractivity contribution in [3.8, 4) is 5.75 Å². The predicted octanol–water partition coefficient (Wildman–Crippen LogP) is 2.47. The van der Waals surface area contributed by atoms with E-state index in [4.69, 9.17) is 35.9 Å². The molecule has 0 radical (unpaired) electrons. The van der Waals surface area contributed by atoms with Gasteiger partial charge in [-0.05, 0) is 25.1 Å². The lowest BCUT2D eigenvalue weighted by Gasteiger charge is -2.20. The van der Waals surface area contributed by atoms with Crippen molar-refractivity contribution in [1.29, 1.82) is 0 Å². The van der Waals surface area contributed by atoms with Crippen molar-refractivity contribution < 1.29 is 33.4 Å². The Morgan fingerprint density at radius 1 is 1.25 bits per heavy atom. The maximum atomic E-state index is 11.2. The summed E-state index contributed by atoms with van der Waals surface area (Å²) in [4.78, 5) is 36.5. The zero-order valence-corrected chi connectivity index (χ0v) is 13.6. The summed E-state index contributed by atoms with van der Waals surface area (Å²) in [5.41, 5.74) is 0. The van der Waals surface area contributed by atoms with E-state index >= 15 is 0 Å². The van der Waals surface area contributed by atoms with Crippen LogP contribution in [0.25, 0.3) is 0 Å². The fraction of sp³-hybridized carbons (Fsp3) is 0.333. The highest BCUT2D eigenvalue weighted by Gasteiger charge is 2.44. The summed E-state index contributed by atoms with van der Waals surface area (Å²) in [6.45, 7) is 1.98. The van der Waals surface area contributed by atoms with Gasteiger partial charge in [0.15, 0.2) is 0 Å². The minimum atomic E-state index is -5.02. The van der Waals surface area contributed by atoms with E-state index in [1.165, 1.54) is 18.2 Å². The number of hydrogen-bond acceptors (Lipinski definition) is 4. The molecule has 0 atom stereocenters. The molecule has 7 nitrogen and oxygen atoms in total. The van der Waals surface area contributed by atoms with E-state index in [1.54, 1.807) is 6.92 Å². The van der Waals surface area contributed by atoms with Gasteiger partial charge in [-0.15, -0.1) is 0 Å². The van der Waals surface area contributed by atoms with Crippen LogP contribution in [0.1, 0.15) is 6.92 Å². The quantitative estimate of drug-likeness (QED) is 0.449. The third-order valence-electron chi connectivity index (χ3n) is 2.01. The van der Waals surface area contributed by atoms with Crippen LogP contribution in [0.15, 0.2) is 23.1 Å². The highest BCUT2D eigenvalue weighted by Crippen LogP contribution is 2.66. The zero-order chi connectivity index (χ0) is 15.6. The Bertz CT molecular complexity index is 547. The maximum Gasteiger partial charge on any atom is 0.351 e. The molecule has 0 aliphatic heterocycles. The second kappa shape index (κ2) is 6.81. The molecule has 1 aromatic rings. The van der Waals surface area contributed by atoms with Crippen LogP contribution in [0.4, 0.5) is 0 Å². The molecule has 0 amide bonds. The van der Waals surface area contributed by atoms with E-state index in [2.05, 4.69) is 0 Å². The van der Waals surface area contributed by atoms with Gasteiger partial charge in [0.1, 0.15) is 5.75 Å². The molecular weight excluding hydrogens is 350 g/mol. The summed E-state index contributed by atoms with van der Waals surface area (Å²) in [5.74, 6) is 0.244. The van der Waals surface area contributed by atoms with Gasteiger partial charge in [-0.1, -0.05) is 23.4 Å². The fourth-order valence-corrected chi connectivity index (χ4v) is 5.55. The number of benzene rings is 1. The van der Waals surface area contributed by atoms with E-state index in [0.717, 1.165) is 0 Å². The van der Waals surface area contributed by atoms with Crippen LogP contribution in [0.3, 0.4) is 0 Å². The highest BCUT2D eigenvalue weighted by molar-refractivity contribution is 8.12. The third-order valence-corrected chi connectivity index (χ3v) is 8.27. The summed E-state index contributed by atoms with van der Waals surface area (Å²) in [6, 6.07) is 4.29. The van der Waals surface area contributed by atoms with E-state index < -0.39 is 19.9 Å². The second-order valence-corrected chi connectivity index (χ2v) is 9.73. The Labute approximate surface area is 124 Å². The molecule has 0 saturated heterocycles. The smallest absolute Gasteiger partial charge is 0.351 e. The first-order chi connectivity index (χ1) is 9.05. The number of hydrogen-bond donors (Lipinski definition) is 4. The molecule has 0 aliphatic carbocycles. The first-order valence-corrected chi connectivity index (χ1v) is 9.87. The molecular formula is C9H13ClO7P2S. The highest BCUT2D eigenvalue weighted by atomic mass is 35.5. The van der Waals surface area contributed by atoms with Gasteiger partial charge in [0.25, 0.3) is 0 Å². The Morgan fingerprint density at radius 2 is 1.80 bits per heavy atom. The van der Waals surface area contributed by atoms with E-state index in [9.17, 15) is 9.13 Å². The summed E-state index contributed by atoms with van der Waals surface area (Å²) < 4.78 is 25.5. The van der Waals surface area contributed by atoms with Gasteiger partial charge in [0, 0.05) is 5.02 Å². The van der Waals surface area contributed by atoms with Crippen LogP contribution in [-0.4, -0.2) is 30.9 Å². The predicted molar refractivity (Wildman–Crippen MR) is 76.4 cm³/mol. The average Bonchev–Trinajstić information content (AvgIpc) is 2.26. The van der Waals surface area contributed by atoms with Gasteiger partial charge in [0.2, 0.25) is 4.73 Å².